The zero-order valence-corrected chi connectivity index (χ0v) is 15.0. The molecule has 0 bridgehead atoms. The molecule has 2 aromatic rings. The Kier molecular flexibility index (Phi) is 6.23. The highest BCUT2D eigenvalue weighted by Crippen LogP contribution is 2.27. The lowest BCUT2D eigenvalue weighted by molar-refractivity contribution is -0.116. The van der Waals surface area contributed by atoms with E-state index in [1.165, 1.54) is 12.1 Å². The number of carbonyl (C=O) groups is 1. The fourth-order valence-corrected chi connectivity index (χ4v) is 2.97. The van der Waals surface area contributed by atoms with E-state index in [0.29, 0.717) is 24.5 Å². The van der Waals surface area contributed by atoms with Crippen LogP contribution in [-0.4, -0.2) is 25.2 Å². The number of benzene rings is 2. The van der Waals surface area contributed by atoms with Crippen molar-refractivity contribution < 1.29 is 18.7 Å². The van der Waals surface area contributed by atoms with Gasteiger partial charge in [0.2, 0.25) is 5.91 Å². The van der Waals surface area contributed by atoms with Crippen LogP contribution in [0.4, 0.5) is 10.1 Å². The number of anilines is 1. The molecule has 0 aromatic heterocycles. The molecule has 3 rings (SSSR count). The summed E-state index contributed by atoms with van der Waals surface area (Å²) in [5.74, 6) is 0.242. The fourth-order valence-electron chi connectivity index (χ4n) is 2.97. The highest BCUT2D eigenvalue weighted by atomic mass is 19.1. The first-order valence-electron chi connectivity index (χ1n) is 8.99. The first-order chi connectivity index (χ1) is 12.6. The summed E-state index contributed by atoms with van der Waals surface area (Å²) in [7, 11) is 0. The SMILES string of the molecule is Cc1ccc(NC(=O)CCc2cccc(F)c2)c(OCC2CCCO2)c1. The van der Waals surface area contributed by atoms with Crippen molar-refractivity contribution in [2.45, 2.75) is 38.7 Å². The third-order valence-electron chi connectivity index (χ3n) is 4.39. The van der Waals surface area contributed by atoms with E-state index in [2.05, 4.69) is 5.32 Å². The minimum Gasteiger partial charge on any atom is -0.489 e. The highest BCUT2D eigenvalue weighted by Gasteiger charge is 2.17. The van der Waals surface area contributed by atoms with E-state index >= 15 is 0 Å². The van der Waals surface area contributed by atoms with E-state index in [1.807, 2.05) is 31.2 Å². The van der Waals surface area contributed by atoms with Crippen LogP contribution in [0.3, 0.4) is 0 Å². The predicted molar refractivity (Wildman–Crippen MR) is 99.0 cm³/mol. The van der Waals surface area contributed by atoms with Gasteiger partial charge in [-0.1, -0.05) is 18.2 Å². The lowest BCUT2D eigenvalue weighted by Gasteiger charge is -2.16. The van der Waals surface area contributed by atoms with Gasteiger partial charge in [-0.05, 0) is 61.6 Å². The molecule has 0 saturated carbocycles. The number of halogens is 1. The zero-order valence-electron chi connectivity index (χ0n) is 15.0. The minimum atomic E-state index is -0.286. The van der Waals surface area contributed by atoms with Crippen molar-refractivity contribution in [3.63, 3.8) is 0 Å². The molecule has 1 N–H and O–H groups in total. The minimum absolute atomic E-state index is 0.118. The number of aryl methyl sites for hydroxylation is 2. The normalized spacial score (nSPS) is 16.5. The van der Waals surface area contributed by atoms with Crippen LogP contribution in [0.15, 0.2) is 42.5 Å². The lowest BCUT2D eigenvalue weighted by atomic mass is 10.1. The Morgan fingerprint density at radius 1 is 1.31 bits per heavy atom. The van der Waals surface area contributed by atoms with E-state index in [-0.39, 0.29) is 24.2 Å². The van der Waals surface area contributed by atoms with Gasteiger partial charge >= 0.3 is 0 Å². The summed E-state index contributed by atoms with van der Waals surface area (Å²) in [6, 6.07) is 12.0. The molecule has 1 fully saturated rings. The zero-order chi connectivity index (χ0) is 18.4. The van der Waals surface area contributed by atoms with Gasteiger partial charge < -0.3 is 14.8 Å². The predicted octanol–water partition coefficient (Wildman–Crippen LogP) is 4.26. The first kappa shape index (κ1) is 18.4. The van der Waals surface area contributed by atoms with Gasteiger partial charge in [-0.25, -0.2) is 4.39 Å². The van der Waals surface area contributed by atoms with Crippen molar-refractivity contribution in [2.24, 2.45) is 0 Å². The quantitative estimate of drug-likeness (QED) is 0.805. The van der Waals surface area contributed by atoms with Crippen molar-refractivity contribution in [2.75, 3.05) is 18.5 Å². The van der Waals surface area contributed by atoms with E-state index < -0.39 is 0 Å². The molecule has 5 heteroatoms. The van der Waals surface area contributed by atoms with E-state index in [0.717, 1.165) is 30.6 Å². The van der Waals surface area contributed by atoms with Crippen LogP contribution in [0.1, 0.15) is 30.4 Å². The van der Waals surface area contributed by atoms with Gasteiger partial charge in [0.1, 0.15) is 18.2 Å². The molecule has 1 unspecified atom stereocenters. The molecule has 1 saturated heterocycles. The smallest absolute Gasteiger partial charge is 0.224 e. The van der Waals surface area contributed by atoms with Crippen LogP contribution in [0, 0.1) is 12.7 Å². The van der Waals surface area contributed by atoms with Crippen LogP contribution < -0.4 is 10.1 Å². The summed E-state index contributed by atoms with van der Waals surface area (Å²) in [5, 5.41) is 2.90. The van der Waals surface area contributed by atoms with E-state index in [1.54, 1.807) is 6.07 Å². The van der Waals surface area contributed by atoms with Gasteiger partial charge in [0.15, 0.2) is 0 Å². The van der Waals surface area contributed by atoms with Crippen molar-refractivity contribution in [3.8, 4) is 5.75 Å². The van der Waals surface area contributed by atoms with Crippen LogP contribution in [0.25, 0.3) is 0 Å². The van der Waals surface area contributed by atoms with Crippen LogP contribution in [0.5, 0.6) is 5.75 Å². The van der Waals surface area contributed by atoms with Gasteiger partial charge in [-0.15, -0.1) is 0 Å². The topological polar surface area (TPSA) is 47.6 Å². The average Bonchev–Trinajstić information content (AvgIpc) is 3.14. The Bertz CT molecular complexity index is 757. The number of hydrogen-bond donors (Lipinski definition) is 1. The van der Waals surface area contributed by atoms with Gasteiger partial charge in [0.05, 0.1) is 11.8 Å². The van der Waals surface area contributed by atoms with Crippen molar-refractivity contribution in [1.82, 2.24) is 0 Å². The Hall–Kier alpha value is -2.40. The largest absolute Gasteiger partial charge is 0.489 e. The summed E-state index contributed by atoms with van der Waals surface area (Å²) in [4.78, 5) is 12.3. The maximum atomic E-state index is 13.2. The van der Waals surface area contributed by atoms with Crippen molar-refractivity contribution in [1.29, 1.82) is 0 Å². The standard InChI is InChI=1S/C21H24FNO3/c1-15-7-9-19(20(12-15)26-14-18-6-3-11-25-18)23-21(24)10-8-16-4-2-5-17(22)13-16/h2,4-5,7,9,12-13,18H,3,6,8,10-11,14H2,1H3,(H,23,24). The van der Waals surface area contributed by atoms with Gasteiger partial charge in [0, 0.05) is 13.0 Å². The average molecular weight is 357 g/mol. The number of hydrogen-bond acceptors (Lipinski definition) is 3. The van der Waals surface area contributed by atoms with Gasteiger partial charge in [-0.3, -0.25) is 4.79 Å². The number of ether oxygens (including phenoxy) is 2. The molecule has 0 aliphatic carbocycles. The van der Waals surface area contributed by atoms with E-state index in [9.17, 15) is 9.18 Å². The lowest BCUT2D eigenvalue weighted by Crippen LogP contribution is -2.18. The van der Waals surface area contributed by atoms with Crippen LogP contribution in [0.2, 0.25) is 0 Å². The Labute approximate surface area is 153 Å². The number of nitrogens with one attached hydrogen (secondary N) is 1. The maximum absolute atomic E-state index is 13.2. The fraction of sp³-hybridized carbons (Fsp3) is 0.381. The van der Waals surface area contributed by atoms with Gasteiger partial charge in [0.25, 0.3) is 0 Å². The monoisotopic (exact) mass is 357 g/mol. The molecule has 138 valence electrons. The molecule has 1 heterocycles. The second-order valence-corrected chi connectivity index (χ2v) is 6.62. The summed E-state index contributed by atoms with van der Waals surface area (Å²) in [6.45, 7) is 3.25. The Balaban J connectivity index is 1.58. The highest BCUT2D eigenvalue weighted by molar-refractivity contribution is 5.92. The van der Waals surface area contributed by atoms with Crippen molar-refractivity contribution >= 4 is 11.6 Å². The number of amides is 1. The Morgan fingerprint density at radius 3 is 2.96 bits per heavy atom. The third kappa shape index (κ3) is 5.30. The van der Waals surface area contributed by atoms with Crippen LogP contribution >= 0.6 is 0 Å². The first-order valence-corrected chi connectivity index (χ1v) is 8.99. The molecule has 1 atom stereocenters. The van der Waals surface area contributed by atoms with Crippen LogP contribution in [-0.2, 0) is 16.0 Å². The molecule has 0 spiro atoms. The molecular formula is C21H24FNO3. The molecule has 1 aliphatic rings. The molecular weight excluding hydrogens is 333 g/mol. The maximum Gasteiger partial charge on any atom is 0.224 e. The van der Waals surface area contributed by atoms with E-state index in [4.69, 9.17) is 9.47 Å². The third-order valence-corrected chi connectivity index (χ3v) is 4.39. The summed E-state index contributed by atoms with van der Waals surface area (Å²) in [6.07, 6.45) is 2.95. The second-order valence-electron chi connectivity index (χ2n) is 6.62. The molecule has 26 heavy (non-hydrogen) atoms. The molecule has 2 aromatic carbocycles. The van der Waals surface area contributed by atoms with Crippen molar-refractivity contribution in [3.05, 3.63) is 59.4 Å². The summed E-state index contributed by atoms with van der Waals surface area (Å²) < 4.78 is 24.7. The number of carbonyl (C=O) groups excluding carboxylic acids is 1. The molecule has 1 aliphatic heterocycles. The van der Waals surface area contributed by atoms with Gasteiger partial charge in [-0.2, -0.15) is 0 Å². The molecule has 0 radical (unpaired) electrons. The second kappa shape index (κ2) is 8.81. The Morgan fingerprint density at radius 2 is 2.19 bits per heavy atom. The summed E-state index contributed by atoms with van der Waals surface area (Å²) in [5.41, 5.74) is 2.52. The molecule has 4 nitrogen and oxygen atoms in total. The summed E-state index contributed by atoms with van der Waals surface area (Å²) >= 11 is 0. The number of rotatable bonds is 7. The molecule has 1 amide bonds.